The molecule has 0 radical (unpaired) electrons. The summed E-state index contributed by atoms with van der Waals surface area (Å²) in [6, 6.07) is 9.53. The van der Waals surface area contributed by atoms with Gasteiger partial charge in [-0.25, -0.2) is 9.78 Å². The molecule has 0 saturated carbocycles. The number of aryl methyl sites for hydroxylation is 2. The maximum Gasteiger partial charge on any atom is 0.344 e. The molecule has 6 heteroatoms. The molecular formula is C18H17NO4S. The van der Waals surface area contributed by atoms with Gasteiger partial charge in [0.1, 0.15) is 24.3 Å². The van der Waals surface area contributed by atoms with Crippen LogP contribution in [-0.4, -0.2) is 17.6 Å². The number of aromatic nitrogens is 1. The van der Waals surface area contributed by atoms with E-state index < -0.39 is 5.97 Å². The fourth-order valence-corrected chi connectivity index (χ4v) is 2.68. The molecule has 0 saturated heterocycles. The van der Waals surface area contributed by atoms with Crippen molar-refractivity contribution in [1.82, 2.24) is 4.98 Å². The molecule has 3 rings (SSSR count). The smallest absolute Gasteiger partial charge is 0.344 e. The van der Waals surface area contributed by atoms with Crippen LogP contribution in [0.5, 0.6) is 5.75 Å². The van der Waals surface area contributed by atoms with Gasteiger partial charge in [0.2, 0.25) is 5.89 Å². The standard InChI is InChI=1S/C18H17NO4S/c1-12-5-6-15(8-13(12)2)21-11-17(20)22-9-14-10-23-18(19-14)16-4-3-7-24-16/h3-8,10H,9,11H2,1-2H3. The Labute approximate surface area is 143 Å². The Morgan fingerprint density at radius 1 is 1.25 bits per heavy atom. The number of carbonyl (C=O) groups is 1. The second-order valence-corrected chi connectivity index (χ2v) is 6.26. The van der Waals surface area contributed by atoms with E-state index >= 15 is 0 Å². The zero-order valence-corrected chi connectivity index (χ0v) is 14.3. The van der Waals surface area contributed by atoms with Crippen LogP contribution in [0, 0.1) is 13.8 Å². The number of hydrogen-bond acceptors (Lipinski definition) is 6. The van der Waals surface area contributed by atoms with Crippen LogP contribution >= 0.6 is 11.3 Å². The number of benzene rings is 1. The predicted octanol–water partition coefficient (Wildman–Crippen LogP) is 4.14. The van der Waals surface area contributed by atoms with Gasteiger partial charge in [-0.15, -0.1) is 11.3 Å². The molecule has 24 heavy (non-hydrogen) atoms. The lowest BCUT2D eigenvalue weighted by atomic mass is 10.1. The molecule has 5 nitrogen and oxygen atoms in total. The monoisotopic (exact) mass is 343 g/mol. The second-order valence-electron chi connectivity index (χ2n) is 5.32. The molecule has 0 bridgehead atoms. The lowest BCUT2D eigenvalue weighted by Gasteiger charge is -2.08. The summed E-state index contributed by atoms with van der Waals surface area (Å²) in [7, 11) is 0. The number of carbonyl (C=O) groups excluding carboxylic acids is 1. The van der Waals surface area contributed by atoms with Gasteiger partial charge < -0.3 is 13.9 Å². The molecule has 0 atom stereocenters. The molecule has 0 N–H and O–H groups in total. The van der Waals surface area contributed by atoms with Crippen LogP contribution in [0.1, 0.15) is 16.8 Å². The number of rotatable bonds is 6. The van der Waals surface area contributed by atoms with Crippen LogP contribution in [-0.2, 0) is 16.1 Å². The van der Waals surface area contributed by atoms with E-state index in [1.54, 1.807) is 0 Å². The maximum absolute atomic E-state index is 11.8. The third kappa shape index (κ3) is 4.02. The lowest BCUT2D eigenvalue weighted by Crippen LogP contribution is -2.14. The predicted molar refractivity (Wildman–Crippen MR) is 91.0 cm³/mol. The number of thiophene rings is 1. The van der Waals surface area contributed by atoms with Crippen molar-refractivity contribution in [3.8, 4) is 16.5 Å². The summed E-state index contributed by atoms with van der Waals surface area (Å²) in [5, 5.41) is 1.95. The maximum atomic E-state index is 11.8. The summed E-state index contributed by atoms with van der Waals surface area (Å²) >= 11 is 1.54. The average molecular weight is 343 g/mol. The fourth-order valence-electron chi connectivity index (χ4n) is 2.03. The molecule has 0 unspecified atom stereocenters. The zero-order valence-electron chi connectivity index (χ0n) is 13.4. The minimum Gasteiger partial charge on any atom is -0.482 e. The molecule has 1 aromatic carbocycles. The van der Waals surface area contributed by atoms with Crippen LogP contribution in [0.4, 0.5) is 0 Å². The van der Waals surface area contributed by atoms with Crippen molar-refractivity contribution in [3.63, 3.8) is 0 Å². The normalized spacial score (nSPS) is 10.6. The quantitative estimate of drug-likeness (QED) is 0.629. The lowest BCUT2D eigenvalue weighted by molar-refractivity contribution is -0.147. The molecule has 0 aliphatic rings. The minimum absolute atomic E-state index is 0.0595. The molecule has 2 aromatic heterocycles. The van der Waals surface area contributed by atoms with E-state index in [0.29, 0.717) is 17.3 Å². The number of nitrogens with zero attached hydrogens (tertiary/aromatic N) is 1. The number of oxazole rings is 1. The Bertz CT molecular complexity index is 823. The number of ether oxygens (including phenoxy) is 2. The molecule has 3 aromatic rings. The van der Waals surface area contributed by atoms with E-state index in [1.807, 2.05) is 49.6 Å². The zero-order chi connectivity index (χ0) is 16.9. The van der Waals surface area contributed by atoms with Crippen molar-refractivity contribution in [2.45, 2.75) is 20.5 Å². The van der Waals surface area contributed by atoms with Crippen molar-refractivity contribution >= 4 is 17.3 Å². The van der Waals surface area contributed by atoms with Crippen LogP contribution < -0.4 is 4.74 Å². The Balaban J connectivity index is 1.48. The summed E-state index contributed by atoms with van der Waals surface area (Å²) in [6.07, 6.45) is 1.49. The van der Waals surface area contributed by atoms with E-state index in [4.69, 9.17) is 13.9 Å². The summed E-state index contributed by atoms with van der Waals surface area (Å²) in [5.41, 5.74) is 2.86. The Morgan fingerprint density at radius 3 is 2.88 bits per heavy atom. The van der Waals surface area contributed by atoms with Gasteiger partial charge in [0.05, 0.1) is 4.88 Å². The Morgan fingerprint density at radius 2 is 2.12 bits per heavy atom. The highest BCUT2D eigenvalue weighted by molar-refractivity contribution is 7.13. The first-order valence-electron chi connectivity index (χ1n) is 7.46. The molecule has 0 amide bonds. The summed E-state index contributed by atoms with van der Waals surface area (Å²) in [6.45, 7) is 3.94. The number of hydrogen-bond donors (Lipinski definition) is 0. The Kier molecular flexibility index (Phi) is 4.96. The molecule has 0 spiro atoms. The van der Waals surface area contributed by atoms with E-state index in [-0.39, 0.29) is 13.2 Å². The van der Waals surface area contributed by atoms with Crippen molar-refractivity contribution in [3.05, 3.63) is 58.8 Å². The van der Waals surface area contributed by atoms with Gasteiger partial charge in [-0.1, -0.05) is 12.1 Å². The van der Waals surface area contributed by atoms with Crippen LogP contribution in [0.3, 0.4) is 0 Å². The van der Waals surface area contributed by atoms with E-state index in [9.17, 15) is 4.79 Å². The highest BCUT2D eigenvalue weighted by Gasteiger charge is 2.10. The first-order chi connectivity index (χ1) is 11.6. The fraction of sp³-hybridized carbons (Fsp3) is 0.222. The third-order valence-corrected chi connectivity index (χ3v) is 4.36. The highest BCUT2D eigenvalue weighted by atomic mass is 32.1. The third-order valence-electron chi connectivity index (χ3n) is 3.50. The van der Waals surface area contributed by atoms with Crippen molar-refractivity contribution < 1.29 is 18.7 Å². The topological polar surface area (TPSA) is 61.6 Å². The largest absolute Gasteiger partial charge is 0.482 e. The van der Waals surface area contributed by atoms with Gasteiger partial charge in [-0.2, -0.15) is 0 Å². The molecule has 0 aliphatic heterocycles. The van der Waals surface area contributed by atoms with Gasteiger partial charge in [-0.05, 0) is 48.6 Å². The van der Waals surface area contributed by atoms with Gasteiger partial charge in [0.25, 0.3) is 0 Å². The first-order valence-corrected chi connectivity index (χ1v) is 8.34. The van der Waals surface area contributed by atoms with Gasteiger partial charge in [0.15, 0.2) is 6.61 Å². The van der Waals surface area contributed by atoms with Crippen LogP contribution in [0.15, 0.2) is 46.4 Å². The summed E-state index contributed by atoms with van der Waals surface area (Å²) < 4.78 is 16.0. The van der Waals surface area contributed by atoms with Crippen molar-refractivity contribution in [2.24, 2.45) is 0 Å². The first kappa shape index (κ1) is 16.3. The van der Waals surface area contributed by atoms with Crippen LogP contribution in [0.2, 0.25) is 0 Å². The Hall–Kier alpha value is -2.60. The van der Waals surface area contributed by atoms with E-state index in [1.165, 1.54) is 23.2 Å². The summed E-state index contributed by atoms with van der Waals surface area (Å²) in [4.78, 5) is 17.0. The van der Waals surface area contributed by atoms with Gasteiger partial charge in [0, 0.05) is 0 Å². The van der Waals surface area contributed by atoms with E-state index in [2.05, 4.69) is 4.98 Å². The summed E-state index contributed by atoms with van der Waals surface area (Å²) in [5.74, 6) is 0.729. The molecule has 0 fully saturated rings. The van der Waals surface area contributed by atoms with Crippen molar-refractivity contribution in [2.75, 3.05) is 6.61 Å². The number of esters is 1. The molecule has 124 valence electrons. The molecular weight excluding hydrogens is 326 g/mol. The van der Waals surface area contributed by atoms with Gasteiger partial charge >= 0.3 is 5.97 Å². The van der Waals surface area contributed by atoms with E-state index in [0.717, 1.165) is 10.4 Å². The average Bonchev–Trinajstić information content (AvgIpc) is 3.25. The van der Waals surface area contributed by atoms with Crippen molar-refractivity contribution in [1.29, 1.82) is 0 Å². The van der Waals surface area contributed by atoms with Crippen LogP contribution in [0.25, 0.3) is 10.8 Å². The molecule has 0 aliphatic carbocycles. The molecule has 2 heterocycles. The van der Waals surface area contributed by atoms with Gasteiger partial charge in [-0.3, -0.25) is 0 Å². The minimum atomic E-state index is -0.450. The highest BCUT2D eigenvalue weighted by Crippen LogP contribution is 2.23. The SMILES string of the molecule is Cc1ccc(OCC(=O)OCc2coc(-c3cccs3)n2)cc1C. The second kappa shape index (κ2) is 7.31.